The van der Waals surface area contributed by atoms with Crippen LogP contribution in [0.25, 0.3) is 11.2 Å². The topological polar surface area (TPSA) is 61.8 Å². The van der Waals surface area contributed by atoms with Crippen molar-refractivity contribution >= 4 is 22.8 Å². The normalized spacial score (nSPS) is 14.2. The van der Waals surface area contributed by atoms with Crippen LogP contribution in [-0.2, 0) is 20.6 Å². The number of aromatic nitrogens is 4. The largest absolute Gasteiger partial charge is 0.332 e. The maximum atomic E-state index is 12.2. The molecular weight excluding hydrogens is 268 g/mol. The van der Waals surface area contributed by atoms with E-state index in [0.717, 1.165) is 17.4 Å². The van der Waals surface area contributed by atoms with Crippen LogP contribution in [0.1, 0.15) is 12.8 Å². The first-order valence-corrected chi connectivity index (χ1v) is 6.38. The van der Waals surface area contributed by atoms with Crippen LogP contribution in [0.15, 0.2) is 21.2 Å². The molecule has 2 heterocycles. The summed E-state index contributed by atoms with van der Waals surface area (Å²) in [6.07, 6.45) is 4.28. The Morgan fingerprint density at radius 1 is 1.26 bits per heavy atom. The van der Waals surface area contributed by atoms with E-state index >= 15 is 0 Å². The van der Waals surface area contributed by atoms with E-state index in [1.54, 1.807) is 11.6 Å². The van der Waals surface area contributed by atoms with Crippen LogP contribution in [0.4, 0.5) is 0 Å². The van der Waals surface area contributed by atoms with Gasteiger partial charge in [0.15, 0.2) is 11.2 Å². The van der Waals surface area contributed by atoms with Gasteiger partial charge in [-0.25, -0.2) is 4.79 Å². The minimum absolute atomic E-state index is 0.228. The van der Waals surface area contributed by atoms with Crippen molar-refractivity contribution in [3.8, 4) is 0 Å². The Hall–Kier alpha value is -1.82. The van der Waals surface area contributed by atoms with Gasteiger partial charge in [0.05, 0.1) is 0 Å². The summed E-state index contributed by atoms with van der Waals surface area (Å²) in [5.41, 5.74) is 1.28. The van der Waals surface area contributed by atoms with Crippen LogP contribution in [0.5, 0.6) is 0 Å². The van der Waals surface area contributed by atoms with Crippen LogP contribution >= 0.6 is 11.6 Å². The summed E-state index contributed by atoms with van der Waals surface area (Å²) in [4.78, 5) is 28.1. The molecule has 0 N–H and O–H groups in total. The van der Waals surface area contributed by atoms with Crippen molar-refractivity contribution < 1.29 is 0 Å². The van der Waals surface area contributed by atoms with Crippen LogP contribution in [0.3, 0.4) is 0 Å². The molecule has 0 unspecified atom stereocenters. The van der Waals surface area contributed by atoms with Gasteiger partial charge in [-0.3, -0.25) is 13.9 Å². The number of fused-ring (bicyclic) bond motifs is 1. The summed E-state index contributed by atoms with van der Waals surface area (Å²) in [6, 6.07) is 0. The minimum atomic E-state index is -0.403. The lowest BCUT2D eigenvalue weighted by atomic mass is 10.4. The molecule has 1 fully saturated rings. The summed E-state index contributed by atoms with van der Waals surface area (Å²) in [5, 5.41) is 0.228. The van der Waals surface area contributed by atoms with Gasteiger partial charge in [0.25, 0.3) is 5.56 Å². The smallest absolute Gasteiger partial charge is 0.305 e. The summed E-state index contributed by atoms with van der Waals surface area (Å²) in [5.74, 6) is 0. The van der Waals surface area contributed by atoms with Crippen LogP contribution in [0.2, 0.25) is 5.28 Å². The molecule has 3 rings (SSSR count). The molecule has 0 amide bonds. The molecule has 0 atom stereocenters. The SMILES string of the molecule is Cn1c(=O)c2c(nc(Cl)n2CC=C2CC2)n(C)c1=O. The molecule has 2 aromatic heterocycles. The Bertz CT molecular complexity index is 819. The van der Waals surface area contributed by atoms with E-state index in [0.29, 0.717) is 17.7 Å². The van der Waals surface area contributed by atoms with E-state index in [4.69, 9.17) is 11.6 Å². The van der Waals surface area contributed by atoms with Crippen molar-refractivity contribution in [2.75, 3.05) is 0 Å². The Morgan fingerprint density at radius 3 is 2.58 bits per heavy atom. The number of hydrogen-bond acceptors (Lipinski definition) is 3. The first-order chi connectivity index (χ1) is 9.00. The predicted octanol–water partition coefficient (Wildman–Crippen LogP) is 0.807. The summed E-state index contributed by atoms with van der Waals surface area (Å²) >= 11 is 6.08. The molecule has 19 heavy (non-hydrogen) atoms. The first kappa shape index (κ1) is 12.2. The molecule has 0 aromatic carbocycles. The van der Waals surface area contributed by atoms with E-state index < -0.39 is 5.69 Å². The van der Waals surface area contributed by atoms with Crippen molar-refractivity contribution in [1.82, 2.24) is 18.7 Å². The van der Waals surface area contributed by atoms with Crippen molar-refractivity contribution in [2.45, 2.75) is 19.4 Å². The van der Waals surface area contributed by atoms with Gasteiger partial charge in [0, 0.05) is 20.6 Å². The minimum Gasteiger partial charge on any atom is -0.305 e. The van der Waals surface area contributed by atoms with Crippen LogP contribution < -0.4 is 11.2 Å². The third-order valence-corrected chi connectivity index (χ3v) is 3.69. The second-order valence-electron chi connectivity index (χ2n) is 4.73. The third kappa shape index (κ3) is 1.83. The van der Waals surface area contributed by atoms with Gasteiger partial charge in [0.1, 0.15) is 0 Å². The molecule has 100 valence electrons. The van der Waals surface area contributed by atoms with E-state index in [1.165, 1.54) is 17.2 Å². The standard InChI is InChI=1S/C12H13ClN4O2/c1-15-9-8(10(18)16(2)12(15)19)17(11(13)14-9)6-5-7-3-4-7/h5H,3-4,6H2,1-2H3. The van der Waals surface area contributed by atoms with Crippen molar-refractivity contribution in [3.05, 3.63) is 37.8 Å². The second-order valence-corrected chi connectivity index (χ2v) is 5.07. The number of hydrogen-bond donors (Lipinski definition) is 0. The average Bonchev–Trinajstić information content (AvgIpc) is 3.15. The highest BCUT2D eigenvalue weighted by Crippen LogP contribution is 2.28. The number of imidazole rings is 1. The fraction of sp³-hybridized carbons (Fsp3) is 0.417. The molecule has 1 aliphatic carbocycles. The number of allylic oxidation sites excluding steroid dienone is 2. The highest BCUT2D eigenvalue weighted by Gasteiger charge is 2.18. The molecule has 0 bridgehead atoms. The summed E-state index contributed by atoms with van der Waals surface area (Å²) < 4.78 is 4.05. The molecule has 0 saturated heterocycles. The van der Waals surface area contributed by atoms with E-state index in [2.05, 4.69) is 11.1 Å². The van der Waals surface area contributed by atoms with Gasteiger partial charge in [-0.15, -0.1) is 0 Å². The number of aryl methyl sites for hydroxylation is 1. The number of rotatable bonds is 2. The van der Waals surface area contributed by atoms with E-state index in [1.807, 2.05) is 0 Å². The molecule has 0 radical (unpaired) electrons. The zero-order valence-electron chi connectivity index (χ0n) is 10.7. The molecule has 6 nitrogen and oxygen atoms in total. The van der Waals surface area contributed by atoms with Crippen molar-refractivity contribution in [3.63, 3.8) is 0 Å². The Morgan fingerprint density at radius 2 is 1.95 bits per heavy atom. The van der Waals surface area contributed by atoms with Crippen LogP contribution in [-0.4, -0.2) is 18.7 Å². The summed E-state index contributed by atoms with van der Waals surface area (Å²) in [7, 11) is 3.03. The van der Waals surface area contributed by atoms with Gasteiger partial charge in [-0.05, 0) is 24.4 Å². The lowest BCUT2D eigenvalue weighted by Gasteiger charge is -2.04. The molecule has 1 saturated carbocycles. The van der Waals surface area contributed by atoms with Crippen molar-refractivity contribution in [2.24, 2.45) is 14.1 Å². The maximum absolute atomic E-state index is 12.2. The van der Waals surface area contributed by atoms with Gasteiger partial charge < -0.3 is 4.57 Å². The molecule has 2 aromatic rings. The molecule has 0 aliphatic heterocycles. The monoisotopic (exact) mass is 280 g/mol. The van der Waals surface area contributed by atoms with Gasteiger partial charge in [0.2, 0.25) is 5.28 Å². The highest BCUT2D eigenvalue weighted by molar-refractivity contribution is 6.29. The quantitative estimate of drug-likeness (QED) is 0.604. The van der Waals surface area contributed by atoms with Gasteiger partial charge >= 0.3 is 5.69 Å². The number of nitrogens with zero attached hydrogens (tertiary/aromatic N) is 4. The maximum Gasteiger partial charge on any atom is 0.332 e. The number of halogens is 1. The summed E-state index contributed by atoms with van der Waals surface area (Å²) in [6.45, 7) is 0.512. The second kappa shape index (κ2) is 4.09. The zero-order valence-corrected chi connectivity index (χ0v) is 11.4. The van der Waals surface area contributed by atoms with E-state index in [9.17, 15) is 9.59 Å². The molecule has 1 aliphatic rings. The Kier molecular flexibility index (Phi) is 2.63. The van der Waals surface area contributed by atoms with Gasteiger partial charge in [-0.2, -0.15) is 4.98 Å². The fourth-order valence-corrected chi connectivity index (χ4v) is 2.32. The van der Waals surface area contributed by atoms with Crippen LogP contribution in [0, 0.1) is 0 Å². The van der Waals surface area contributed by atoms with E-state index in [-0.39, 0.29) is 10.8 Å². The fourth-order valence-electron chi connectivity index (χ4n) is 2.08. The Balaban J connectivity index is 2.33. The molecule has 7 heteroatoms. The van der Waals surface area contributed by atoms with Crippen molar-refractivity contribution in [1.29, 1.82) is 0 Å². The lowest BCUT2D eigenvalue weighted by Crippen LogP contribution is -2.37. The first-order valence-electron chi connectivity index (χ1n) is 6.00. The highest BCUT2D eigenvalue weighted by atomic mass is 35.5. The molecular formula is C12H13ClN4O2. The average molecular weight is 281 g/mol. The predicted molar refractivity (Wildman–Crippen MR) is 72.5 cm³/mol. The third-order valence-electron chi connectivity index (χ3n) is 3.40. The molecule has 0 spiro atoms. The lowest BCUT2D eigenvalue weighted by molar-refractivity contribution is 0.703. The Labute approximate surface area is 113 Å². The van der Waals surface area contributed by atoms with Gasteiger partial charge in [-0.1, -0.05) is 11.6 Å². The zero-order chi connectivity index (χ0) is 13.7.